The van der Waals surface area contributed by atoms with Crippen molar-refractivity contribution in [3.63, 3.8) is 0 Å². The predicted octanol–water partition coefficient (Wildman–Crippen LogP) is 5.00. The van der Waals surface area contributed by atoms with Gasteiger partial charge < -0.3 is 20.9 Å². The van der Waals surface area contributed by atoms with E-state index in [1.165, 1.54) is 36.5 Å². The van der Waals surface area contributed by atoms with Crippen LogP contribution in [-0.4, -0.2) is 37.0 Å². The second kappa shape index (κ2) is 9.38. The van der Waals surface area contributed by atoms with Gasteiger partial charge in [0.25, 0.3) is 5.91 Å². The van der Waals surface area contributed by atoms with E-state index in [0.717, 1.165) is 19.2 Å². The van der Waals surface area contributed by atoms with Crippen molar-refractivity contribution in [3.8, 4) is 0 Å². The Morgan fingerprint density at radius 1 is 1.10 bits per heavy atom. The van der Waals surface area contributed by atoms with E-state index < -0.39 is 23.5 Å². The molecule has 0 aliphatic carbocycles. The third kappa shape index (κ3) is 5.35. The maximum atomic E-state index is 13.6. The number of benzene rings is 2. The van der Waals surface area contributed by atoms with Crippen molar-refractivity contribution in [1.82, 2.24) is 4.90 Å². The molecule has 0 bridgehead atoms. The number of halogens is 4. The molecular weight excluding hydrogens is 412 g/mol. The van der Waals surface area contributed by atoms with Crippen LogP contribution in [0.25, 0.3) is 5.57 Å². The third-order valence-electron chi connectivity index (χ3n) is 5.11. The number of rotatable bonds is 8. The van der Waals surface area contributed by atoms with Crippen molar-refractivity contribution < 1.29 is 22.4 Å². The van der Waals surface area contributed by atoms with E-state index in [4.69, 9.17) is 0 Å². The number of hydrogen-bond donors (Lipinski definition) is 3. The Labute approximate surface area is 178 Å². The van der Waals surface area contributed by atoms with Gasteiger partial charge in [0, 0.05) is 41.9 Å². The molecule has 31 heavy (non-hydrogen) atoms. The smallest absolute Gasteiger partial charge is 0.383 e. The molecule has 0 unspecified atom stereocenters. The Kier molecular flexibility index (Phi) is 6.84. The van der Waals surface area contributed by atoms with Gasteiger partial charge in [-0.2, -0.15) is 13.2 Å². The van der Waals surface area contributed by atoms with Crippen LogP contribution in [0.3, 0.4) is 0 Å². The molecule has 2 aromatic rings. The molecule has 3 N–H and O–H groups in total. The van der Waals surface area contributed by atoms with Gasteiger partial charge >= 0.3 is 6.18 Å². The Bertz CT molecular complexity index is 984. The second-order valence-corrected chi connectivity index (χ2v) is 7.06. The molecular formula is C22H24F4N4O. The topological polar surface area (TPSA) is 56.4 Å². The van der Waals surface area contributed by atoms with Gasteiger partial charge in [-0.3, -0.25) is 4.79 Å². The minimum Gasteiger partial charge on any atom is -0.383 e. The molecule has 0 atom stereocenters. The quantitative estimate of drug-likeness (QED) is 0.403. The van der Waals surface area contributed by atoms with E-state index in [2.05, 4.69) is 20.9 Å². The van der Waals surface area contributed by atoms with Crippen LogP contribution in [-0.2, 0) is 11.0 Å². The zero-order valence-electron chi connectivity index (χ0n) is 17.2. The van der Waals surface area contributed by atoms with Crippen LogP contribution < -0.4 is 16.0 Å². The van der Waals surface area contributed by atoms with E-state index in [1.807, 2.05) is 13.8 Å². The SMILES string of the molecule is CCN(CC)CCNc1ccc(N/C=C2/C(=O)Nc3ccc(F)cc32)cc1C(F)(F)F. The number of amides is 1. The summed E-state index contributed by atoms with van der Waals surface area (Å²) in [4.78, 5) is 14.2. The first kappa shape index (κ1) is 22.6. The summed E-state index contributed by atoms with van der Waals surface area (Å²) >= 11 is 0. The van der Waals surface area contributed by atoms with Gasteiger partial charge in [-0.1, -0.05) is 13.8 Å². The first-order valence-corrected chi connectivity index (χ1v) is 9.98. The zero-order valence-corrected chi connectivity index (χ0v) is 17.2. The largest absolute Gasteiger partial charge is 0.418 e. The third-order valence-corrected chi connectivity index (χ3v) is 5.11. The highest BCUT2D eigenvalue weighted by Gasteiger charge is 2.34. The van der Waals surface area contributed by atoms with E-state index in [9.17, 15) is 22.4 Å². The van der Waals surface area contributed by atoms with Crippen LogP contribution in [0.4, 0.5) is 34.6 Å². The summed E-state index contributed by atoms with van der Waals surface area (Å²) in [5.41, 5.74) is 0.282. The fourth-order valence-corrected chi connectivity index (χ4v) is 3.37. The second-order valence-electron chi connectivity index (χ2n) is 7.06. The maximum Gasteiger partial charge on any atom is 0.418 e. The minimum absolute atomic E-state index is 0.0103. The van der Waals surface area contributed by atoms with Crippen LogP contribution in [0.1, 0.15) is 25.0 Å². The van der Waals surface area contributed by atoms with Crippen molar-refractivity contribution in [2.24, 2.45) is 0 Å². The molecule has 1 aliphatic heterocycles. The molecule has 0 aromatic heterocycles. The van der Waals surface area contributed by atoms with Crippen molar-refractivity contribution in [3.05, 3.63) is 59.5 Å². The molecule has 0 fully saturated rings. The predicted molar refractivity (Wildman–Crippen MR) is 114 cm³/mol. The van der Waals surface area contributed by atoms with Crippen molar-refractivity contribution >= 4 is 28.5 Å². The molecule has 0 spiro atoms. The van der Waals surface area contributed by atoms with Crippen LogP contribution in [0.5, 0.6) is 0 Å². The summed E-state index contributed by atoms with van der Waals surface area (Å²) < 4.78 is 54.3. The lowest BCUT2D eigenvalue weighted by Crippen LogP contribution is -2.29. The van der Waals surface area contributed by atoms with Gasteiger partial charge in [0.1, 0.15) is 5.82 Å². The number of anilines is 3. The van der Waals surface area contributed by atoms with E-state index in [1.54, 1.807) is 0 Å². The normalized spacial score (nSPS) is 14.7. The lowest BCUT2D eigenvalue weighted by atomic mass is 10.1. The highest BCUT2D eigenvalue weighted by molar-refractivity contribution is 6.31. The van der Waals surface area contributed by atoms with Gasteiger partial charge in [0.15, 0.2) is 0 Å². The fourth-order valence-electron chi connectivity index (χ4n) is 3.37. The number of carbonyl (C=O) groups excluding carboxylic acids is 1. The first-order chi connectivity index (χ1) is 14.7. The number of nitrogens with zero attached hydrogens (tertiary/aromatic N) is 1. The van der Waals surface area contributed by atoms with Crippen LogP contribution in [0.2, 0.25) is 0 Å². The Morgan fingerprint density at radius 2 is 1.84 bits per heavy atom. The van der Waals surface area contributed by atoms with E-state index in [-0.39, 0.29) is 16.9 Å². The van der Waals surface area contributed by atoms with Crippen LogP contribution >= 0.6 is 0 Å². The maximum absolute atomic E-state index is 13.6. The molecule has 3 rings (SSSR count). The summed E-state index contributed by atoms with van der Waals surface area (Å²) in [6.45, 7) is 6.64. The molecule has 0 saturated heterocycles. The lowest BCUT2D eigenvalue weighted by molar-refractivity contribution is -0.136. The highest BCUT2D eigenvalue weighted by Crippen LogP contribution is 2.37. The van der Waals surface area contributed by atoms with Crippen molar-refractivity contribution in [2.75, 3.05) is 42.1 Å². The number of hydrogen-bond acceptors (Lipinski definition) is 4. The standard InChI is InChI=1S/C22H24F4N4O/c1-3-30(4-2)10-9-27-20-8-6-15(12-18(20)22(24,25)26)28-13-17-16-11-14(23)5-7-19(16)29-21(17)31/h5-8,11-13,27-28H,3-4,9-10H2,1-2H3,(H,29,31)/b17-13+. The Balaban J connectivity index is 1.79. The molecule has 1 heterocycles. The first-order valence-electron chi connectivity index (χ1n) is 9.98. The molecule has 1 amide bonds. The minimum atomic E-state index is -4.55. The summed E-state index contributed by atoms with van der Waals surface area (Å²) in [6.07, 6.45) is -3.27. The number of alkyl halides is 3. The molecule has 0 saturated carbocycles. The zero-order chi connectivity index (χ0) is 22.6. The highest BCUT2D eigenvalue weighted by atomic mass is 19.4. The summed E-state index contributed by atoms with van der Waals surface area (Å²) in [7, 11) is 0. The van der Waals surface area contributed by atoms with Crippen LogP contribution in [0.15, 0.2) is 42.6 Å². The van der Waals surface area contributed by atoms with Crippen molar-refractivity contribution in [2.45, 2.75) is 20.0 Å². The fraction of sp³-hybridized carbons (Fsp3) is 0.318. The van der Waals surface area contributed by atoms with Crippen LogP contribution in [0, 0.1) is 5.82 Å². The van der Waals surface area contributed by atoms with Gasteiger partial charge in [0.05, 0.1) is 11.1 Å². The summed E-state index contributed by atoms with van der Waals surface area (Å²) in [6, 6.07) is 7.68. The molecule has 166 valence electrons. The van der Waals surface area contributed by atoms with Crippen molar-refractivity contribution in [1.29, 1.82) is 0 Å². The van der Waals surface area contributed by atoms with Gasteiger partial charge in [-0.25, -0.2) is 4.39 Å². The van der Waals surface area contributed by atoms with Gasteiger partial charge in [-0.05, 0) is 49.5 Å². The van der Waals surface area contributed by atoms with E-state index >= 15 is 0 Å². The molecule has 5 nitrogen and oxygen atoms in total. The Morgan fingerprint density at radius 3 is 2.52 bits per heavy atom. The number of likely N-dealkylation sites (N-methyl/N-ethyl adjacent to an activating group) is 1. The average molecular weight is 436 g/mol. The summed E-state index contributed by atoms with van der Waals surface area (Å²) in [5.74, 6) is -0.973. The van der Waals surface area contributed by atoms with Gasteiger partial charge in [0.2, 0.25) is 0 Å². The molecule has 2 aromatic carbocycles. The molecule has 9 heteroatoms. The Hall–Kier alpha value is -3.07. The number of nitrogens with one attached hydrogen (secondary N) is 3. The summed E-state index contributed by atoms with van der Waals surface area (Å²) in [5, 5.41) is 8.18. The number of fused-ring (bicyclic) bond motifs is 1. The average Bonchev–Trinajstić information content (AvgIpc) is 3.03. The monoisotopic (exact) mass is 436 g/mol. The number of carbonyl (C=O) groups is 1. The van der Waals surface area contributed by atoms with E-state index in [0.29, 0.717) is 24.3 Å². The lowest BCUT2D eigenvalue weighted by Gasteiger charge is -2.20. The molecule has 1 aliphatic rings. The molecule has 0 radical (unpaired) electrons. The van der Waals surface area contributed by atoms with Gasteiger partial charge in [-0.15, -0.1) is 0 Å².